The molecule has 0 radical (unpaired) electrons. The van der Waals surface area contributed by atoms with Crippen LogP contribution in [0.2, 0.25) is 0 Å². The Bertz CT molecular complexity index is 273. The molecule has 2 unspecified atom stereocenters. The molecule has 0 aromatic heterocycles. The molecule has 0 aliphatic heterocycles. The predicted molar refractivity (Wildman–Crippen MR) is 68.4 cm³/mol. The van der Waals surface area contributed by atoms with E-state index < -0.39 is 0 Å². The van der Waals surface area contributed by atoms with Gasteiger partial charge in [0.1, 0.15) is 0 Å². The van der Waals surface area contributed by atoms with Gasteiger partial charge < -0.3 is 10.4 Å². The molecule has 1 aromatic carbocycles. The minimum atomic E-state index is 0.252. The fraction of sp³-hybridized carbons (Fsp3) is 0.571. The maximum absolute atomic E-state index is 8.91. The van der Waals surface area contributed by atoms with Crippen LogP contribution >= 0.6 is 0 Å². The number of benzene rings is 1. The second-order valence-electron chi connectivity index (χ2n) is 4.33. The summed E-state index contributed by atoms with van der Waals surface area (Å²) in [4.78, 5) is 0. The van der Waals surface area contributed by atoms with Crippen LogP contribution in [-0.2, 0) is 0 Å². The van der Waals surface area contributed by atoms with E-state index in [2.05, 4.69) is 43.4 Å². The molecule has 90 valence electrons. The zero-order chi connectivity index (χ0) is 11.8. The van der Waals surface area contributed by atoms with Gasteiger partial charge in [-0.25, -0.2) is 0 Å². The first kappa shape index (κ1) is 13.2. The monoisotopic (exact) mass is 221 g/mol. The van der Waals surface area contributed by atoms with Gasteiger partial charge in [-0.2, -0.15) is 0 Å². The van der Waals surface area contributed by atoms with Gasteiger partial charge in [0.05, 0.1) is 0 Å². The maximum Gasteiger partial charge on any atom is 0.0445 e. The van der Waals surface area contributed by atoms with Crippen LogP contribution in [0.25, 0.3) is 0 Å². The molecular formula is C14H23NO. The van der Waals surface area contributed by atoms with Crippen molar-refractivity contribution in [3.63, 3.8) is 0 Å². The van der Waals surface area contributed by atoms with Crippen LogP contribution in [0.3, 0.4) is 0 Å². The van der Waals surface area contributed by atoms with Crippen molar-refractivity contribution in [3.05, 3.63) is 35.9 Å². The molecule has 0 aliphatic rings. The highest BCUT2D eigenvalue weighted by Gasteiger charge is 2.12. The number of nitrogens with one attached hydrogen (secondary N) is 1. The largest absolute Gasteiger partial charge is 0.396 e. The average Bonchev–Trinajstić information content (AvgIpc) is 2.30. The molecule has 16 heavy (non-hydrogen) atoms. The second kappa shape index (κ2) is 7.42. The summed E-state index contributed by atoms with van der Waals surface area (Å²) >= 11 is 0. The molecule has 1 rings (SSSR count). The Hall–Kier alpha value is -0.860. The number of aliphatic hydroxyl groups excluding tert-OH is 1. The van der Waals surface area contributed by atoms with Crippen LogP contribution in [0.4, 0.5) is 0 Å². The first-order valence-electron chi connectivity index (χ1n) is 6.19. The van der Waals surface area contributed by atoms with E-state index in [1.165, 1.54) is 12.0 Å². The van der Waals surface area contributed by atoms with Crippen molar-refractivity contribution in [2.45, 2.75) is 45.2 Å². The number of hydrogen-bond donors (Lipinski definition) is 2. The summed E-state index contributed by atoms with van der Waals surface area (Å²) < 4.78 is 0. The van der Waals surface area contributed by atoms with Crippen LogP contribution in [0.15, 0.2) is 30.3 Å². The van der Waals surface area contributed by atoms with Crippen LogP contribution < -0.4 is 5.32 Å². The molecule has 0 fully saturated rings. The Morgan fingerprint density at radius 3 is 2.44 bits per heavy atom. The third-order valence-corrected chi connectivity index (χ3v) is 2.83. The van der Waals surface area contributed by atoms with Gasteiger partial charge in [-0.3, -0.25) is 0 Å². The molecule has 0 bridgehead atoms. The topological polar surface area (TPSA) is 32.3 Å². The van der Waals surface area contributed by atoms with Crippen molar-refractivity contribution in [2.75, 3.05) is 6.61 Å². The highest BCUT2D eigenvalue weighted by molar-refractivity contribution is 5.18. The van der Waals surface area contributed by atoms with Crippen LogP contribution in [0.5, 0.6) is 0 Å². The second-order valence-corrected chi connectivity index (χ2v) is 4.33. The minimum Gasteiger partial charge on any atom is -0.396 e. The normalized spacial score (nSPS) is 14.7. The zero-order valence-electron chi connectivity index (χ0n) is 10.3. The summed E-state index contributed by atoms with van der Waals surface area (Å²) in [5, 5.41) is 12.5. The molecule has 0 amide bonds. The van der Waals surface area contributed by atoms with E-state index >= 15 is 0 Å². The van der Waals surface area contributed by atoms with Gasteiger partial charge >= 0.3 is 0 Å². The average molecular weight is 221 g/mol. The van der Waals surface area contributed by atoms with E-state index in [0.29, 0.717) is 12.1 Å². The third-order valence-electron chi connectivity index (χ3n) is 2.83. The Labute approximate surface area is 98.7 Å². The number of aliphatic hydroxyl groups is 1. The van der Waals surface area contributed by atoms with Gasteiger partial charge in [0.15, 0.2) is 0 Å². The Balaban J connectivity index is 2.60. The van der Waals surface area contributed by atoms with Gasteiger partial charge in [0.25, 0.3) is 0 Å². The molecule has 2 nitrogen and oxygen atoms in total. The molecule has 2 N–H and O–H groups in total. The van der Waals surface area contributed by atoms with E-state index in [-0.39, 0.29) is 6.61 Å². The van der Waals surface area contributed by atoms with Gasteiger partial charge in [0, 0.05) is 18.7 Å². The van der Waals surface area contributed by atoms with Gasteiger partial charge in [-0.1, -0.05) is 43.7 Å². The summed E-state index contributed by atoms with van der Waals surface area (Å²) in [6.45, 7) is 4.58. The van der Waals surface area contributed by atoms with Crippen molar-refractivity contribution in [3.8, 4) is 0 Å². The first-order chi connectivity index (χ1) is 7.77. The zero-order valence-corrected chi connectivity index (χ0v) is 10.3. The highest BCUT2D eigenvalue weighted by Crippen LogP contribution is 2.19. The summed E-state index contributed by atoms with van der Waals surface area (Å²) in [5.41, 5.74) is 1.34. The summed E-state index contributed by atoms with van der Waals surface area (Å²) in [6, 6.07) is 11.3. The molecule has 0 saturated heterocycles. The third kappa shape index (κ3) is 4.33. The van der Waals surface area contributed by atoms with Crippen molar-refractivity contribution in [1.82, 2.24) is 5.32 Å². The van der Waals surface area contributed by atoms with Gasteiger partial charge in [-0.15, -0.1) is 0 Å². The van der Waals surface area contributed by atoms with E-state index in [9.17, 15) is 0 Å². The van der Waals surface area contributed by atoms with E-state index in [1.54, 1.807) is 0 Å². The smallest absolute Gasteiger partial charge is 0.0445 e. The fourth-order valence-electron chi connectivity index (χ4n) is 1.94. The Kier molecular flexibility index (Phi) is 6.12. The van der Waals surface area contributed by atoms with Crippen LogP contribution in [-0.4, -0.2) is 17.8 Å². The van der Waals surface area contributed by atoms with Gasteiger partial charge in [0.2, 0.25) is 0 Å². The molecule has 0 heterocycles. The van der Waals surface area contributed by atoms with Crippen molar-refractivity contribution in [2.24, 2.45) is 0 Å². The first-order valence-corrected chi connectivity index (χ1v) is 6.19. The summed E-state index contributed by atoms with van der Waals surface area (Å²) in [6.07, 6.45) is 3.12. The van der Waals surface area contributed by atoms with E-state index in [0.717, 1.165) is 12.8 Å². The maximum atomic E-state index is 8.91. The molecule has 2 atom stereocenters. The molecular weight excluding hydrogens is 198 g/mol. The standard InChI is InChI=1S/C14H23NO/c1-3-7-14(15-12(2)10-11-16)13-8-5-4-6-9-13/h4-6,8-9,12,14-16H,3,7,10-11H2,1-2H3. The van der Waals surface area contributed by atoms with E-state index in [1.807, 2.05) is 6.07 Å². The lowest BCUT2D eigenvalue weighted by Crippen LogP contribution is -2.31. The van der Waals surface area contributed by atoms with Gasteiger partial charge in [-0.05, 0) is 25.3 Å². The molecule has 0 aliphatic carbocycles. The summed E-state index contributed by atoms with van der Waals surface area (Å²) in [5.74, 6) is 0. The lowest BCUT2D eigenvalue weighted by atomic mass is 10.0. The molecule has 0 spiro atoms. The van der Waals surface area contributed by atoms with Crippen molar-refractivity contribution < 1.29 is 5.11 Å². The SMILES string of the molecule is CCCC(NC(C)CCO)c1ccccc1. The van der Waals surface area contributed by atoms with Crippen molar-refractivity contribution in [1.29, 1.82) is 0 Å². The molecule has 2 heteroatoms. The lowest BCUT2D eigenvalue weighted by molar-refractivity contribution is 0.261. The van der Waals surface area contributed by atoms with E-state index in [4.69, 9.17) is 5.11 Å². The minimum absolute atomic E-state index is 0.252. The Morgan fingerprint density at radius 1 is 1.19 bits per heavy atom. The number of rotatable bonds is 7. The highest BCUT2D eigenvalue weighted by atomic mass is 16.3. The molecule has 1 aromatic rings. The van der Waals surface area contributed by atoms with Crippen LogP contribution in [0.1, 0.15) is 44.7 Å². The number of hydrogen-bond acceptors (Lipinski definition) is 2. The quantitative estimate of drug-likeness (QED) is 0.742. The summed E-state index contributed by atoms with van der Waals surface area (Å²) in [7, 11) is 0. The Morgan fingerprint density at radius 2 is 1.88 bits per heavy atom. The molecule has 0 saturated carbocycles. The lowest BCUT2D eigenvalue weighted by Gasteiger charge is -2.23. The fourth-order valence-corrected chi connectivity index (χ4v) is 1.94. The predicted octanol–water partition coefficient (Wildman–Crippen LogP) is 2.89. The van der Waals surface area contributed by atoms with Crippen molar-refractivity contribution >= 4 is 0 Å². The van der Waals surface area contributed by atoms with Crippen LogP contribution in [0, 0.1) is 0 Å².